The second-order valence-electron chi connectivity index (χ2n) is 3.74. The zero-order valence-electron chi connectivity index (χ0n) is 8.04. The molecule has 68 valence electrons. The lowest BCUT2D eigenvalue weighted by Gasteiger charge is -2.09. The van der Waals surface area contributed by atoms with Crippen molar-refractivity contribution in [3.63, 3.8) is 0 Å². The number of anilines is 1. The Hall–Kier alpha value is -1.31. The van der Waals surface area contributed by atoms with Crippen LogP contribution in [0.15, 0.2) is 18.3 Å². The van der Waals surface area contributed by atoms with E-state index in [1.807, 2.05) is 0 Å². The number of hydrogen-bond acceptors (Lipinski definition) is 2. The first-order valence-electron chi connectivity index (χ1n) is 4.64. The van der Waals surface area contributed by atoms with Gasteiger partial charge < -0.3 is 5.73 Å². The fourth-order valence-corrected chi connectivity index (χ4v) is 1.86. The summed E-state index contributed by atoms with van der Waals surface area (Å²) in [5.74, 6) is 1.26. The monoisotopic (exact) mass is 174 g/mol. The van der Waals surface area contributed by atoms with Crippen LogP contribution in [0.25, 0.3) is 5.57 Å². The molecule has 0 bridgehead atoms. The molecule has 13 heavy (non-hydrogen) atoms. The van der Waals surface area contributed by atoms with Crippen molar-refractivity contribution in [1.82, 2.24) is 4.98 Å². The van der Waals surface area contributed by atoms with E-state index in [0.29, 0.717) is 11.7 Å². The van der Waals surface area contributed by atoms with Crippen molar-refractivity contribution in [2.45, 2.75) is 20.3 Å². The van der Waals surface area contributed by atoms with E-state index >= 15 is 0 Å². The van der Waals surface area contributed by atoms with Gasteiger partial charge in [0.15, 0.2) is 0 Å². The van der Waals surface area contributed by atoms with Crippen molar-refractivity contribution in [3.05, 3.63) is 29.5 Å². The standard InChI is InChI=1S/C11H14N2/c1-7(2)8-3-4-10-9(8)5-6-13-11(10)12/h3,5-7H,4H2,1-2H3,(H2,12,13). The molecule has 2 nitrogen and oxygen atoms in total. The Bertz CT molecular complexity index is 364. The van der Waals surface area contributed by atoms with Gasteiger partial charge in [-0.15, -0.1) is 0 Å². The number of allylic oxidation sites excluding steroid dienone is 2. The summed E-state index contributed by atoms with van der Waals surface area (Å²) in [4.78, 5) is 4.09. The summed E-state index contributed by atoms with van der Waals surface area (Å²) >= 11 is 0. The van der Waals surface area contributed by atoms with Crippen LogP contribution in [0.1, 0.15) is 25.0 Å². The molecule has 0 aromatic carbocycles. The van der Waals surface area contributed by atoms with Crippen LogP contribution in [-0.4, -0.2) is 4.98 Å². The van der Waals surface area contributed by atoms with Crippen molar-refractivity contribution in [2.24, 2.45) is 5.92 Å². The SMILES string of the molecule is CC(C)C1=CCc2c1ccnc2N. The van der Waals surface area contributed by atoms with Crippen LogP contribution in [0, 0.1) is 5.92 Å². The molecule has 2 N–H and O–H groups in total. The smallest absolute Gasteiger partial charge is 0.127 e. The van der Waals surface area contributed by atoms with Gasteiger partial charge in [0.2, 0.25) is 0 Å². The molecular formula is C11H14N2. The Morgan fingerprint density at radius 2 is 2.23 bits per heavy atom. The molecule has 0 atom stereocenters. The lowest BCUT2D eigenvalue weighted by molar-refractivity contribution is 0.857. The number of pyridine rings is 1. The fourth-order valence-electron chi connectivity index (χ4n) is 1.86. The van der Waals surface area contributed by atoms with E-state index in [4.69, 9.17) is 5.73 Å². The minimum atomic E-state index is 0.572. The molecule has 2 rings (SSSR count). The molecule has 0 aliphatic heterocycles. The molecule has 1 aromatic rings. The van der Waals surface area contributed by atoms with Crippen LogP contribution in [0.3, 0.4) is 0 Å². The van der Waals surface area contributed by atoms with E-state index in [0.717, 1.165) is 6.42 Å². The van der Waals surface area contributed by atoms with Gasteiger partial charge >= 0.3 is 0 Å². The molecule has 2 heteroatoms. The molecule has 0 radical (unpaired) electrons. The number of aromatic nitrogens is 1. The minimum absolute atomic E-state index is 0.572. The average molecular weight is 174 g/mol. The molecule has 0 saturated carbocycles. The Balaban J connectivity index is 2.50. The normalized spacial score (nSPS) is 14.5. The fraction of sp³-hybridized carbons (Fsp3) is 0.364. The maximum atomic E-state index is 5.79. The topological polar surface area (TPSA) is 38.9 Å². The van der Waals surface area contributed by atoms with Crippen molar-refractivity contribution >= 4 is 11.4 Å². The lowest BCUT2D eigenvalue weighted by atomic mass is 9.98. The third-order valence-electron chi connectivity index (χ3n) is 2.55. The Labute approximate surface area is 78.5 Å². The third-order valence-corrected chi connectivity index (χ3v) is 2.55. The highest BCUT2D eigenvalue weighted by atomic mass is 14.8. The Morgan fingerprint density at radius 3 is 2.92 bits per heavy atom. The quantitative estimate of drug-likeness (QED) is 0.709. The molecule has 1 heterocycles. The van der Waals surface area contributed by atoms with Gasteiger partial charge in [-0.3, -0.25) is 0 Å². The van der Waals surface area contributed by atoms with E-state index in [1.165, 1.54) is 16.7 Å². The predicted molar refractivity (Wildman–Crippen MR) is 55.2 cm³/mol. The van der Waals surface area contributed by atoms with Gasteiger partial charge in [0.05, 0.1) is 0 Å². The summed E-state index contributed by atoms with van der Waals surface area (Å²) in [7, 11) is 0. The molecule has 0 unspecified atom stereocenters. The van der Waals surface area contributed by atoms with Crippen LogP contribution in [-0.2, 0) is 6.42 Å². The first kappa shape index (κ1) is 8.30. The highest BCUT2D eigenvalue weighted by Crippen LogP contribution is 2.34. The molecule has 0 spiro atoms. The second kappa shape index (κ2) is 2.87. The number of hydrogen-bond donors (Lipinski definition) is 1. The van der Waals surface area contributed by atoms with Gasteiger partial charge in [-0.2, -0.15) is 0 Å². The van der Waals surface area contributed by atoms with Crippen molar-refractivity contribution < 1.29 is 0 Å². The van der Waals surface area contributed by atoms with Crippen LogP contribution in [0.2, 0.25) is 0 Å². The zero-order chi connectivity index (χ0) is 9.42. The maximum absolute atomic E-state index is 5.79. The zero-order valence-corrected chi connectivity index (χ0v) is 8.04. The molecule has 1 aliphatic carbocycles. The molecule has 0 saturated heterocycles. The molecule has 1 aliphatic rings. The maximum Gasteiger partial charge on any atom is 0.127 e. The lowest BCUT2D eigenvalue weighted by Crippen LogP contribution is -1.98. The summed E-state index contributed by atoms with van der Waals surface area (Å²) in [6, 6.07) is 2.06. The average Bonchev–Trinajstić information content (AvgIpc) is 2.48. The van der Waals surface area contributed by atoms with Crippen molar-refractivity contribution in [1.29, 1.82) is 0 Å². The molecule has 0 amide bonds. The van der Waals surface area contributed by atoms with Crippen molar-refractivity contribution in [2.75, 3.05) is 5.73 Å². The van der Waals surface area contributed by atoms with Crippen LogP contribution < -0.4 is 5.73 Å². The Kier molecular flexibility index (Phi) is 1.83. The van der Waals surface area contributed by atoms with Gasteiger partial charge in [-0.25, -0.2) is 4.98 Å². The summed E-state index contributed by atoms with van der Waals surface area (Å²) < 4.78 is 0. The summed E-state index contributed by atoms with van der Waals surface area (Å²) in [6.45, 7) is 4.41. The Morgan fingerprint density at radius 1 is 1.46 bits per heavy atom. The predicted octanol–water partition coefficient (Wildman–Crippen LogP) is 2.26. The highest BCUT2D eigenvalue weighted by Gasteiger charge is 2.18. The van der Waals surface area contributed by atoms with Gasteiger partial charge in [0, 0.05) is 11.8 Å². The van der Waals surface area contributed by atoms with E-state index in [1.54, 1.807) is 6.20 Å². The van der Waals surface area contributed by atoms with Crippen LogP contribution >= 0.6 is 0 Å². The van der Waals surface area contributed by atoms with Crippen LogP contribution in [0.4, 0.5) is 5.82 Å². The minimum Gasteiger partial charge on any atom is -0.383 e. The van der Waals surface area contributed by atoms with Gasteiger partial charge in [0.25, 0.3) is 0 Å². The van der Waals surface area contributed by atoms with Gasteiger partial charge in [-0.1, -0.05) is 19.9 Å². The van der Waals surface area contributed by atoms with Gasteiger partial charge in [0.1, 0.15) is 5.82 Å². The summed E-state index contributed by atoms with van der Waals surface area (Å²) in [5, 5.41) is 0. The highest BCUT2D eigenvalue weighted by molar-refractivity contribution is 5.76. The van der Waals surface area contributed by atoms with E-state index in [-0.39, 0.29) is 0 Å². The van der Waals surface area contributed by atoms with Crippen molar-refractivity contribution in [3.8, 4) is 0 Å². The number of rotatable bonds is 1. The number of nitrogen functional groups attached to an aromatic ring is 1. The first-order chi connectivity index (χ1) is 6.20. The second-order valence-corrected chi connectivity index (χ2v) is 3.74. The number of fused-ring (bicyclic) bond motifs is 1. The van der Waals surface area contributed by atoms with E-state index in [2.05, 4.69) is 31.0 Å². The largest absolute Gasteiger partial charge is 0.383 e. The third kappa shape index (κ3) is 1.22. The summed E-state index contributed by atoms with van der Waals surface area (Å²) in [6.07, 6.45) is 4.99. The number of nitrogens with zero attached hydrogens (tertiary/aromatic N) is 1. The first-order valence-corrected chi connectivity index (χ1v) is 4.64. The number of nitrogens with two attached hydrogens (primary N) is 1. The van der Waals surface area contributed by atoms with E-state index < -0.39 is 0 Å². The summed E-state index contributed by atoms with van der Waals surface area (Å²) in [5.41, 5.74) is 9.69. The van der Waals surface area contributed by atoms with Gasteiger partial charge in [-0.05, 0) is 29.5 Å². The van der Waals surface area contributed by atoms with Crippen LogP contribution in [0.5, 0.6) is 0 Å². The molecular weight excluding hydrogens is 160 g/mol. The molecule has 0 fully saturated rings. The molecule has 1 aromatic heterocycles. The van der Waals surface area contributed by atoms with E-state index in [9.17, 15) is 0 Å².